The van der Waals surface area contributed by atoms with Gasteiger partial charge in [-0.3, -0.25) is 4.79 Å². The van der Waals surface area contributed by atoms with E-state index in [-0.39, 0.29) is 0 Å². The van der Waals surface area contributed by atoms with E-state index < -0.39 is 11.4 Å². The minimum absolute atomic E-state index is 0.503. The van der Waals surface area contributed by atoms with Crippen molar-refractivity contribution in [2.75, 3.05) is 7.11 Å². The van der Waals surface area contributed by atoms with Crippen LogP contribution in [0.3, 0.4) is 0 Å². The maximum Gasteiger partial charge on any atom is 0.314 e. The third-order valence-electron chi connectivity index (χ3n) is 3.31. The van der Waals surface area contributed by atoms with Gasteiger partial charge < -0.3 is 9.84 Å². The largest absolute Gasteiger partial charge is 0.497 e. The van der Waals surface area contributed by atoms with Crippen LogP contribution < -0.4 is 4.74 Å². The molecule has 2 rings (SSSR count). The number of hydrogen-bond acceptors (Lipinski definition) is 2. The number of aliphatic carboxylic acids is 1. The van der Waals surface area contributed by atoms with Crippen LogP contribution in [0.15, 0.2) is 18.2 Å². The Morgan fingerprint density at radius 2 is 2.19 bits per heavy atom. The lowest BCUT2D eigenvalue weighted by Crippen LogP contribution is -2.42. The molecule has 0 radical (unpaired) electrons. The van der Waals surface area contributed by atoms with Crippen molar-refractivity contribution in [3.05, 3.63) is 28.8 Å². The van der Waals surface area contributed by atoms with Gasteiger partial charge in [-0.15, -0.1) is 0 Å². The molecule has 16 heavy (non-hydrogen) atoms. The van der Waals surface area contributed by atoms with Crippen LogP contribution in [-0.2, 0) is 10.2 Å². The highest BCUT2D eigenvalue weighted by atomic mass is 35.5. The van der Waals surface area contributed by atoms with Crippen LogP contribution in [0.1, 0.15) is 24.8 Å². The third kappa shape index (κ3) is 1.55. The van der Waals surface area contributed by atoms with Crippen LogP contribution >= 0.6 is 11.6 Å². The number of halogens is 1. The molecule has 0 unspecified atom stereocenters. The number of ether oxygens (including phenoxy) is 1. The van der Waals surface area contributed by atoms with E-state index >= 15 is 0 Å². The van der Waals surface area contributed by atoms with Crippen LogP contribution in [-0.4, -0.2) is 18.2 Å². The molecule has 1 N–H and O–H groups in total. The Morgan fingerprint density at radius 3 is 2.62 bits per heavy atom. The van der Waals surface area contributed by atoms with Gasteiger partial charge in [0.25, 0.3) is 0 Å². The molecule has 0 spiro atoms. The molecule has 0 bridgehead atoms. The summed E-state index contributed by atoms with van der Waals surface area (Å²) in [6, 6.07) is 5.16. The number of carboxylic acids is 1. The smallest absolute Gasteiger partial charge is 0.314 e. The summed E-state index contributed by atoms with van der Waals surface area (Å²) in [5, 5.41) is 9.83. The number of benzene rings is 1. The number of carboxylic acid groups (broad SMARTS) is 1. The molecule has 1 aliphatic carbocycles. The van der Waals surface area contributed by atoms with E-state index in [9.17, 15) is 9.90 Å². The van der Waals surface area contributed by atoms with Crippen molar-refractivity contribution in [3.63, 3.8) is 0 Å². The normalized spacial score (nSPS) is 17.6. The van der Waals surface area contributed by atoms with Gasteiger partial charge in [0, 0.05) is 5.02 Å². The summed E-state index contributed by atoms with van der Waals surface area (Å²) in [6.45, 7) is 0. The van der Waals surface area contributed by atoms with Crippen LogP contribution in [0.2, 0.25) is 5.02 Å². The second-order valence-electron chi connectivity index (χ2n) is 4.09. The molecule has 0 saturated heterocycles. The fourth-order valence-corrected chi connectivity index (χ4v) is 2.43. The molecule has 3 nitrogen and oxygen atoms in total. The standard InChI is InChI=1S/C12H13ClO3/c1-16-8-3-4-10(13)9(7-8)12(11(14)15)5-2-6-12/h3-4,7H,2,5-6H2,1H3,(H,14,15). The van der Waals surface area contributed by atoms with Crippen molar-refractivity contribution in [2.45, 2.75) is 24.7 Å². The highest BCUT2D eigenvalue weighted by Gasteiger charge is 2.47. The van der Waals surface area contributed by atoms with E-state index in [1.165, 1.54) is 0 Å². The van der Waals surface area contributed by atoms with E-state index in [0.717, 1.165) is 6.42 Å². The average Bonchev–Trinajstić information content (AvgIpc) is 2.18. The van der Waals surface area contributed by atoms with Crippen molar-refractivity contribution in [1.82, 2.24) is 0 Å². The highest BCUT2D eigenvalue weighted by Crippen LogP contribution is 2.47. The summed E-state index contributed by atoms with van der Waals surface area (Å²) < 4.78 is 5.10. The Bertz CT molecular complexity index is 424. The Hall–Kier alpha value is -1.22. The van der Waals surface area contributed by atoms with Gasteiger partial charge in [0.2, 0.25) is 0 Å². The summed E-state index contributed by atoms with van der Waals surface area (Å²) in [5.41, 5.74) is -0.127. The second kappa shape index (κ2) is 3.98. The first-order valence-corrected chi connectivity index (χ1v) is 5.55. The SMILES string of the molecule is COc1ccc(Cl)c(C2(C(=O)O)CCC2)c1. The monoisotopic (exact) mass is 240 g/mol. The number of hydrogen-bond donors (Lipinski definition) is 1. The molecule has 4 heteroatoms. The fourth-order valence-electron chi connectivity index (χ4n) is 2.13. The first kappa shape index (κ1) is 11.3. The first-order valence-electron chi connectivity index (χ1n) is 5.17. The van der Waals surface area contributed by atoms with E-state index in [1.807, 2.05) is 0 Å². The van der Waals surface area contributed by atoms with Gasteiger partial charge in [-0.1, -0.05) is 18.0 Å². The van der Waals surface area contributed by atoms with E-state index in [4.69, 9.17) is 16.3 Å². The summed E-state index contributed by atoms with van der Waals surface area (Å²) in [4.78, 5) is 11.4. The molecule has 1 saturated carbocycles. The maximum atomic E-state index is 11.4. The summed E-state index contributed by atoms with van der Waals surface area (Å²) >= 11 is 6.08. The van der Waals surface area contributed by atoms with E-state index in [0.29, 0.717) is 29.2 Å². The summed E-state index contributed by atoms with van der Waals surface area (Å²) in [6.07, 6.45) is 2.23. The Labute approximate surface area is 99.0 Å². The molecule has 0 aliphatic heterocycles. The van der Waals surface area contributed by atoms with Gasteiger partial charge in [-0.25, -0.2) is 0 Å². The van der Waals surface area contributed by atoms with Crippen molar-refractivity contribution in [3.8, 4) is 5.75 Å². The average molecular weight is 241 g/mol. The maximum absolute atomic E-state index is 11.4. The van der Waals surface area contributed by atoms with E-state index in [2.05, 4.69) is 0 Å². The van der Waals surface area contributed by atoms with Gasteiger partial charge >= 0.3 is 5.97 Å². The van der Waals surface area contributed by atoms with Gasteiger partial charge in [0.05, 0.1) is 12.5 Å². The molecule has 1 aliphatic rings. The molecule has 0 amide bonds. The molecule has 0 heterocycles. The molecule has 1 aromatic rings. The zero-order chi connectivity index (χ0) is 11.8. The number of methoxy groups -OCH3 is 1. The predicted molar refractivity (Wildman–Crippen MR) is 61.2 cm³/mol. The molecule has 1 aromatic carbocycles. The van der Waals surface area contributed by atoms with Gasteiger partial charge in [0.15, 0.2) is 0 Å². The lowest BCUT2D eigenvalue weighted by Gasteiger charge is -2.38. The van der Waals surface area contributed by atoms with Crippen LogP contribution in [0.25, 0.3) is 0 Å². The summed E-state index contributed by atoms with van der Waals surface area (Å²) in [7, 11) is 1.56. The Kier molecular flexibility index (Phi) is 2.80. The molecular formula is C12H13ClO3. The lowest BCUT2D eigenvalue weighted by atomic mass is 9.64. The zero-order valence-corrected chi connectivity index (χ0v) is 9.75. The first-order chi connectivity index (χ1) is 7.60. The third-order valence-corrected chi connectivity index (χ3v) is 3.64. The minimum atomic E-state index is -0.800. The number of carbonyl (C=O) groups is 1. The van der Waals surface area contributed by atoms with Crippen LogP contribution in [0, 0.1) is 0 Å². The number of rotatable bonds is 3. The van der Waals surface area contributed by atoms with Crippen molar-refractivity contribution < 1.29 is 14.6 Å². The van der Waals surface area contributed by atoms with Gasteiger partial charge in [-0.05, 0) is 36.6 Å². The van der Waals surface area contributed by atoms with E-state index in [1.54, 1.807) is 25.3 Å². The molecule has 1 fully saturated rings. The predicted octanol–water partition coefficient (Wildman–Crippen LogP) is 2.85. The topological polar surface area (TPSA) is 46.5 Å². The minimum Gasteiger partial charge on any atom is -0.497 e. The Balaban J connectivity index is 2.49. The highest BCUT2D eigenvalue weighted by molar-refractivity contribution is 6.31. The van der Waals surface area contributed by atoms with Gasteiger partial charge in [-0.2, -0.15) is 0 Å². The second-order valence-corrected chi connectivity index (χ2v) is 4.49. The van der Waals surface area contributed by atoms with Crippen molar-refractivity contribution in [1.29, 1.82) is 0 Å². The fraction of sp³-hybridized carbons (Fsp3) is 0.417. The molecule has 0 atom stereocenters. The van der Waals surface area contributed by atoms with Crippen LogP contribution in [0.5, 0.6) is 5.75 Å². The zero-order valence-electron chi connectivity index (χ0n) is 9.00. The molecular weight excluding hydrogens is 228 g/mol. The quantitative estimate of drug-likeness (QED) is 0.884. The Morgan fingerprint density at radius 1 is 1.50 bits per heavy atom. The molecule has 0 aromatic heterocycles. The lowest BCUT2D eigenvalue weighted by molar-refractivity contribution is -0.147. The van der Waals surface area contributed by atoms with Crippen molar-refractivity contribution >= 4 is 17.6 Å². The molecule has 86 valence electrons. The van der Waals surface area contributed by atoms with Crippen molar-refractivity contribution in [2.24, 2.45) is 0 Å². The summed E-state index contributed by atoms with van der Waals surface area (Å²) in [5.74, 6) is -0.152. The van der Waals surface area contributed by atoms with Crippen LogP contribution in [0.4, 0.5) is 0 Å². The van der Waals surface area contributed by atoms with Gasteiger partial charge in [0.1, 0.15) is 5.75 Å².